The number of amides is 1. The molecule has 1 aliphatic heterocycles. The molecule has 1 aromatic heterocycles. The minimum Gasteiger partial charge on any atom is -0.338 e. The molecular formula is C23H17ClN4O4S. The van der Waals surface area contributed by atoms with Gasteiger partial charge in [-0.25, -0.2) is 0 Å². The Morgan fingerprint density at radius 2 is 1.88 bits per heavy atom. The highest BCUT2D eigenvalue weighted by Gasteiger charge is 2.24. The summed E-state index contributed by atoms with van der Waals surface area (Å²) in [5.74, 6) is -0.408. The highest BCUT2D eigenvalue weighted by atomic mass is 35.5. The third-order valence-electron chi connectivity index (χ3n) is 5.24. The third kappa shape index (κ3) is 4.44. The van der Waals surface area contributed by atoms with Crippen molar-refractivity contribution in [1.82, 2.24) is 9.47 Å². The molecule has 0 saturated carbocycles. The van der Waals surface area contributed by atoms with Crippen molar-refractivity contribution in [2.45, 2.75) is 12.8 Å². The third-order valence-corrected chi connectivity index (χ3v) is 6.65. The average Bonchev–Trinajstić information content (AvgIpc) is 3.45. The van der Waals surface area contributed by atoms with Crippen LogP contribution in [0, 0.1) is 21.4 Å². The lowest BCUT2D eigenvalue weighted by atomic mass is 10.2. The summed E-state index contributed by atoms with van der Waals surface area (Å²) in [5, 5.41) is 21.1. The van der Waals surface area contributed by atoms with E-state index in [0.717, 1.165) is 24.2 Å². The summed E-state index contributed by atoms with van der Waals surface area (Å²) in [5.41, 5.74) is 0.0995. The lowest BCUT2D eigenvalue weighted by molar-refractivity contribution is -0.384. The van der Waals surface area contributed by atoms with Gasteiger partial charge in [0.2, 0.25) is 0 Å². The van der Waals surface area contributed by atoms with E-state index in [9.17, 15) is 25.0 Å². The van der Waals surface area contributed by atoms with E-state index in [4.69, 9.17) is 11.6 Å². The maximum atomic E-state index is 13.4. The molecule has 0 N–H and O–H groups in total. The summed E-state index contributed by atoms with van der Waals surface area (Å²) < 4.78 is 1.79. The van der Waals surface area contributed by atoms with Crippen molar-refractivity contribution in [3.8, 4) is 11.8 Å². The number of nitro benzene ring substituents is 1. The lowest BCUT2D eigenvalue weighted by Crippen LogP contribution is -2.35. The summed E-state index contributed by atoms with van der Waals surface area (Å²) in [4.78, 5) is 38.7. The number of nitro groups is 1. The van der Waals surface area contributed by atoms with Gasteiger partial charge in [-0.15, -0.1) is 11.3 Å². The van der Waals surface area contributed by atoms with Crippen molar-refractivity contribution < 1.29 is 9.72 Å². The van der Waals surface area contributed by atoms with Crippen molar-refractivity contribution in [3.63, 3.8) is 0 Å². The first kappa shape index (κ1) is 22.5. The monoisotopic (exact) mass is 480 g/mol. The number of nitrogens with zero attached hydrogens (tertiary/aromatic N) is 4. The Hall–Kier alpha value is -3.74. The van der Waals surface area contributed by atoms with Crippen LogP contribution >= 0.6 is 22.9 Å². The molecule has 0 atom stereocenters. The number of hydrogen-bond acceptors (Lipinski definition) is 6. The van der Waals surface area contributed by atoms with Gasteiger partial charge in [0.15, 0.2) is 5.57 Å². The summed E-state index contributed by atoms with van der Waals surface area (Å²) in [7, 11) is 0. The lowest BCUT2D eigenvalue weighted by Gasteiger charge is -2.14. The van der Waals surface area contributed by atoms with E-state index in [1.165, 1.54) is 22.8 Å². The number of aromatic nitrogens is 1. The van der Waals surface area contributed by atoms with Crippen LogP contribution in [0.5, 0.6) is 0 Å². The highest BCUT2D eigenvalue weighted by molar-refractivity contribution is 7.07. The first-order valence-electron chi connectivity index (χ1n) is 10.1. The quantitative estimate of drug-likeness (QED) is 0.421. The maximum absolute atomic E-state index is 13.4. The summed E-state index contributed by atoms with van der Waals surface area (Å²) in [6.45, 7) is 1.14. The van der Waals surface area contributed by atoms with E-state index in [-0.39, 0.29) is 25.5 Å². The molecule has 3 aromatic rings. The number of benzene rings is 2. The normalized spacial score (nSPS) is 14.8. The van der Waals surface area contributed by atoms with Crippen LogP contribution in [0.2, 0.25) is 5.02 Å². The van der Waals surface area contributed by atoms with Gasteiger partial charge in [-0.1, -0.05) is 35.9 Å². The molecule has 2 aromatic carbocycles. The van der Waals surface area contributed by atoms with E-state index in [2.05, 4.69) is 0 Å². The molecule has 166 valence electrons. The van der Waals surface area contributed by atoms with Crippen LogP contribution in [0.4, 0.5) is 5.69 Å². The number of thiazole rings is 1. The summed E-state index contributed by atoms with van der Waals surface area (Å²) in [6, 6.07) is 14.9. The van der Waals surface area contributed by atoms with Crippen molar-refractivity contribution >= 4 is 46.2 Å². The van der Waals surface area contributed by atoms with E-state index in [1.54, 1.807) is 41.3 Å². The molecule has 2 heterocycles. The first-order chi connectivity index (χ1) is 15.9. The highest BCUT2D eigenvalue weighted by Crippen LogP contribution is 2.25. The van der Waals surface area contributed by atoms with Gasteiger partial charge in [-0.3, -0.25) is 24.3 Å². The fourth-order valence-electron chi connectivity index (χ4n) is 3.64. The molecule has 0 radical (unpaired) electrons. The summed E-state index contributed by atoms with van der Waals surface area (Å²) in [6.07, 6.45) is 3.23. The molecule has 1 amide bonds. The maximum Gasteiger partial charge on any atom is 0.288 e. The van der Waals surface area contributed by atoms with Gasteiger partial charge in [-0.05, 0) is 42.7 Å². The van der Waals surface area contributed by atoms with Crippen molar-refractivity contribution in [1.29, 1.82) is 5.26 Å². The van der Waals surface area contributed by atoms with Crippen LogP contribution < -0.4 is 14.8 Å². The van der Waals surface area contributed by atoms with Gasteiger partial charge in [0.05, 0.1) is 15.1 Å². The zero-order valence-corrected chi connectivity index (χ0v) is 18.8. The number of para-hydroxylation sites is 1. The van der Waals surface area contributed by atoms with Crippen molar-refractivity contribution in [2.75, 3.05) is 13.1 Å². The van der Waals surface area contributed by atoms with Crippen molar-refractivity contribution in [2.24, 2.45) is 0 Å². The molecule has 0 bridgehead atoms. The number of halogens is 1. The second-order valence-corrected chi connectivity index (χ2v) is 8.78. The Bertz CT molecular complexity index is 1460. The molecule has 1 saturated heterocycles. The minimum absolute atomic E-state index is 0.0120. The van der Waals surface area contributed by atoms with Crippen LogP contribution in [-0.2, 0) is 4.79 Å². The number of hydrogen-bond donors (Lipinski definition) is 0. The second-order valence-electron chi connectivity index (χ2n) is 7.35. The predicted molar refractivity (Wildman–Crippen MR) is 126 cm³/mol. The smallest absolute Gasteiger partial charge is 0.288 e. The Balaban J connectivity index is 2.00. The van der Waals surface area contributed by atoms with Gasteiger partial charge >= 0.3 is 0 Å². The van der Waals surface area contributed by atoms with Gasteiger partial charge in [-0.2, -0.15) is 5.26 Å². The molecule has 0 unspecified atom stereocenters. The molecule has 4 rings (SSSR count). The fourth-order valence-corrected chi connectivity index (χ4v) is 4.92. The zero-order chi connectivity index (χ0) is 23.5. The van der Waals surface area contributed by atoms with E-state index in [0.29, 0.717) is 24.3 Å². The predicted octanol–water partition coefficient (Wildman–Crippen LogP) is 2.59. The van der Waals surface area contributed by atoms with E-state index in [1.807, 2.05) is 6.07 Å². The molecule has 1 fully saturated rings. The standard InChI is InChI=1S/C23H17ClN4O4S/c24-18-9-8-15(12-19(18)28(31)32)13-20-22(30)27(16-6-2-1-3-7-16)23(33-20)17(14-25)21(29)26-10-4-5-11-26/h1-3,6-9,12-13H,4-5,10-11H2/b20-13-,23-17+. The van der Waals surface area contributed by atoms with Gasteiger partial charge < -0.3 is 4.90 Å². The molecule has 1 aliphatic rings. The minimum atomic E-state index is -0.599. The van der Waals surface area contributed by atoms with Crippen LogP contribution in [0.1, 0.15) is 18.4 Å². The summed E-state index contributed by atoms with van der Waals surface area (Å²) >= 11 is 6.89. The number of carbonyl (C=O) groups excluding carboxylic acids is 1. The molecule has 33 heavy (non-hydrogen) atoms. The zero-order valence-electron chi connectivity index (χ0n) is 17.2. The average molecular weight is 481 g/mol. The molecule has 8 nitrogen and oxygen atoms in total. The Morgan fingerprint density at radius 3 is 2.52 bits per heavy atom. The number of rotatable bonds is 4. The van der Waals surface area contributed by atoms with Crippen LogP contribution in [0.15, 0.2) is 53.3 Å². The Kier molecular flexibility index (Phi) is 6.40. The molecular weight excluding hydrogens is 464 g/mol. The molecule has 0 aliphatic carbocycles. The second kappa shape index (κ2) is 9.40. The molecule has 10 heteroatoms. The number of likely N-dealkylation sites (tertiary alicyclic amines) is 1. The van der Waals surface area contributed by atoms with E-state index < -0.39 is 16.4 Å². The van der Waals surface area contributed by atoms with Crippen molar-refractivity contribution in [3.05, 3.63) is 88.8 Å². The Labute approximate surface area is 197 Å². The fraction of sp³-hybridized carbons (Fsp3) is 0.174. The van der Waals surface area contributed by atoms with Crippen LogP contribution in [0.3, 0.4) is 0 Å². The first-order valence-corrected chi connectivity index (χ1v) is 11.3. The molecule has 0 spiro atoms. The number of carbonyl (C=O) groups is 1. The topological polar surface area (TPSA) is 109 Å². The van der Waals surface area contributed by atoms with Gasteiger partial charge in [0, 0.05) is 19.2 Å². The van der Waals surface area contributed by atoms with E-state index >= 15 is 0 Å². The number of nitriles is 1. The van der Waals surface area contributed by atoms with Crippen LogP contribution in [-0.4, -0.2) is 33.4 Å². The SMILES string of the molecule is N#C/C(C(=O)N1CCCC1)=c1\s/c(=C\c2ccc(Cl)c([N+](=O)[O-])c2)c(=O)n1-c1ccccc1. The largest absolute Gasteiger partial charge is 0.338 e. The van der Waals surface area contributed by atoms with Gasteiger partial charge in [0.1, 0.15) is 15.8 Å². The van der Waals surface area contributed by atoms with Gasteiger partial charge in [0.25, 0.3) is 17.2 Å². The Morgan fingerprint density at radius 1 is 1.18 bits per heavy atom. The van der Waals surface area contributed by atoms with Crippen LogP contribution in [0.25, 0.3) is 17.3 Å².